The van der Waals surface area contributed by atoms with E-state index in [1.807, 2.05) is 36.4 Å². The van der Waals surface area contributed by atoms with Crippen molar-refractivity contribution in [3.05, 3.63) is 83.7 Å². The average molecular weight is 418 g/mol. The highest BCUT2D eigenvalue weighted by atomic mass is 35.5. The van der Waals surface area contributed by atoms with Crippen molar-refractivity contribution in [2.45, 2.75) is 6.42 Å². The zero-order chi connectivity index (χ0) is 20.5. The van der Waals surface area contributed by atoms with Gasteiger partial charge in [-0.2, -0.15) is 0 Å². The van der Waals surface area contributed by atoms with E-state index in [1.165, 1.54) is 12.4 Å². The van der Waals surface area contributed by atoms with Crippen molar-refractivity contribution in [3.8, 4) is 11.1 Å². The smallest absolute Gasteiger partial charge is 0.182 e. The van der Waals surface area contributed by atoms with Crippen LogP contribution in [0.5, 0.6) is 0 Å². The third-order valence-electron chi connectivity index (χ3n) is 5.10. The van der Waals surface area contributed by atoms with Crippen LogP contribution in [0.4, 0.5) is 10.2 Å². The van der Waals surface area contributed by atoms with Crippen LogP contribution in [0.15, 0.2) is 67.3 Å². The molecule has 0 amide bonds. The van der Waals surface area contributed by atoms with Gasteiger partial charge in [0, 0.05) is 17.0 Å². The molecule has 0 aliphatic heterocycles. The molecule has 0 saturated carbocycles. The number of hydrogen-bond acceptors (Lipinski definition) is 4. The number of aromatic nitrogens is 4. The summed E-state index contributed by atoms with van der Waals surface area (Å²) in [7, 11) is 0. The van der Waals surface area contributed by atoms with Gasteiger partial charge in [-0.3, -0.25) is 0 Å². The number of nitrogens with one attached hydrogen (secondary N) is 2. The Bertz CT molecular complexity index is 1360. The van der Waals surface area contributed by atoms with Crippen LogP contribution in [0.25, 0.3) is 33.1 Å². The lowest BCUT2D eigenvalue weighted by atomic mass is 9.91. The second-order valence-electron chi connectivity index (χ2n) is 6.95. The summed E-state index contributed by atoms with van der Waals surface area (Å²) in [4.78, 5) is 15.6. The second-order valence-corrected chi connectivity index (χ2v) is 7.36. The van der Waals surface area contributed by atoms with Crippen molar-refractivity contribution in [1.29, 1.82) is 0 Å². The van der Waals surface area contributed by atoms with Gasteiger partial charge in [0.1, 0.15) is 17.7 Å². The number of rotatable bonds is 5. The summed E-state index contributed by atoms with van der Waals surface area (Å²) in [5.41, 5.74) is 4.23. The fourth-order valence-corrected chi connectivity index (χ4v) is 4.08. The minimum Gasteiger partial charge on any atom is -0.368 e. The maximum atomic E-state index is 14.0. The molecule has 2 aromatic heterocycles. The van der Waals surface area contributed by atoms with Crippen molar-refractivity contribution in [3.63, 3.8) is 0 Å². The fourth-order valence-electron chi connectivity index (χ4n) is 3.78. The summed E-state index contributed by atoms with van der Waals surface area (Å²) < 4.78 is 14.0. The molecular weight excluding hydrogens is 401 g/mol. The van der Waals surface area contributed by atoms with Gasteiger partial charge in [-0.05, 0) is 46.7 Å². The molecule has 0 bridgehead atoms. The Balaban J connectivity index is 1.53. The van der Waals surface area contributed by atoms with E-state index < -0.39 is 0 Å². The van der Waals surface area contributed by atoms with E-state index in [0.717, 1.165) is 33.0 Å². The van der Waals surface area contributed by atoms with E-state index in [1.54, 1.807) is 18.5 Å². The molecule has 2 N–H and O–H groups in total. The number of nitrogens with zero attached hydrogens (tertiary/aromatic N) is 3. The molecule has 5 nitrogen and oxygen atoms in total. The summed E-state index contributed by atoms with van der Waals surface area (Å²) in [5, 5.41) is 5.97. The van der Waals surface area contributed by atoms with Gasteiger partial charge >= 0.3 is 0 Å². The topological polar surface area (TPSA) is 66.5 Å². The van der Waals surface area contributed by atoms with Crippen LogP contribution in [0, 0.1) is 5.82 Å². The predicted molar refractivity (Wildman–Crippen MR) is 118 cm³/mol. The van der Waals surface area contributed by atoms with E-state index in [9.17, 15) is 4.39 Å². The molecule has 2 heterocycles. The molecule has 0 spiro atoms. The maximum Gasteiger partial charge on any atom is 0.182 e. The number of benzene rings is 3. The van der Waals surface area contributed by atoms with Crippen LogP contribution in [0.3, 0.4) is 0 Å². The molecule has 0 saturated heterocycles. The molecule has 0 unspecified atom stereocenters. The second kappa shape index (κ2) is 7.72. The number of anilines is 1. The SMILES string of the molecule is Fc1cccc(-c2c(CCNc3ncnc4nc[nH]c34)cc(Cl)c3ccccc23)c1. The van der Waals surface area contributed by atoms with Crippen molar-refractivity contribution in [1.82, 2.24) is 19.9 Å². The third kappa shape index (κ3) is 3.35. The van der Waals surface area contributed by atoms with Gasteiger partial charge < -0.3 is 10.3 Å². The molecule has 3 aromatic carbocycles. The zero-order valence-electron chi connectivity index (χ0n) is 15.9. The molecule has 5 aromatic rings. The summed E-state index contributed by atoms with van der Waals surface area (Å²) in [6.45, 7) is 0.613. The monoisotopic (exact) mass is 417 g/mol. The van der Waals surface area contributed by atoms with E-state index in [2.05, 4.69) is 25.3 Å². The normalized spacial score (nSPS) is 11.3. The lowest BCUT2D eigenvalue weighted by Gasteiger charge is -2.16. The number of halogens is 2. The Morgan fingerprint density at radius 2 is 1.83 bits per heavy atom. The fraction of sp³-hybridized carbons (Fsp3) is 0.0870. The van der Waals surface area contributed by atoms with Gasteiger partial charge in [0.2, 0.25) is 0 Å². The van der Waals surface area contributed by atoms with Crippen LogP contribution in [-0.4, -0.2) is 26.5 Å². The maximum absolute atomic E-state index is 14.0. The predicted octanol–water partition coefficient (Wildman–Crippen LogP) is 5.62. The molecule has 0 aliphatic rings. The van der Waals surface area contributed by atoms with E-state index >= 15 is 0 Å². The minimum atomic E-state index is -0.266. The first kappa shape index (κ1) is 18.5. The molecule has 0 atom stereocenters. The van der Waals surface area contributed by atoms with Crippen molar-refractivity contribution in [2.24, 2.45) is 0 Å². The Morgan fingerprint density at radius 1 is 0.967 bits per heavy atom. The zero-order valence-corrected chi connectivity index (χ0v) is 16.6. The van der Waals surface area contributed by atoms with Crippen molar-refractivity contribution in [2.75, 3.05) is 11.9 Å². The largest absolute Gasteiger partial charge is 0.368 e. The van der Waals surface area contributed by atoms with Gasteiger partial charge in [0.25, 0.3) is 0 Å². The molecule has 0 aliphatic carbocycles. The highest BCUT2D eigenvalue weighted by Gasteiger charge is 2.14. The highest BCUT2D eigenvalue weighted by Crippen LogP contribution is 2.37. The van der Waals surface area contributed by atoms with Gasteiger partial charge in [0.05, 0.1) is 6.33 Å². The Labute approximate surface area is 177 Å². The Kier molecular flexibility index (Phi) is 4.77. The van der Waals surface area contributed by atoms with Crippen molar-refractivity contribution >= 4 is 39.4 Å². The first-order valence-corrected chi connectivity index (χ1v) is 9.92. The van der Waals surface area contributed by atoms with Gasteiger partial charge in [-0.15, -0.1) is 0 Å². The van der Waals surface area contributed by atoms with Gasteiger partial charge in [-0.25, -0.2) is 19.3 Å². The van der Waals surface area contributed by atoms with Gasteiger partial charge in [-0.1, -0.05) is 48.0 Å². The first-order valence-electron chi connectivity index (χ1n) is 9.55. The molecule has 30 heavy (non-hydrogen) atoms. The van der Waals surface area contributed by atoms with Crippen LogP contribution >= 0.6 is 11.6 Å². The van der Waals surface area contributed by atoms with E-state index in [-0.39, 0.29) is 5.82 Å². The number of aromatic amines is 1. The van der Waals surface area contributed by atoms with Gasteiger partial charge in [0.15, 0.2) is 11.5 Å². The number of fused-ring (bicyclic) bond motifs is 2. The molecule has 7 heteroatoms. The Morgan fingerprint density at radius 3 is 2.70 bits per heavy atom. The standard InChI is InChI=1S/C23H17ClFN5/c24-19-11-15(8-9-26-22-21-23(28-12-27-21)30-13-29-22)20(14-4-3-5-16(25)10-14)18-7-2-1-6-17(18)19/h1-7,10-13H,8-9H2,(H2,26,27,28,29,30). The summed E-state index contributed by atoms with van der Waals surface area (Å²) in [5.74, 6) is 0.426. The number of imidazole rings is 1. The summed E-state index contributed by atoms with van der Waals surface area (Å²) in [6.07, 6.45) is 3.75. The van der Waals surface area contributed by atoms with E-state index in [4.69, 9.17) is 11.6 Å². The van der Waals surface area contributed by atoms with Crippen LogP contribution in [-0.2, 0) is 6.42 Å². The first-order chi connectivity index (χ1) is 14.7. The number of H-pyrrole nitrogens is 1. The summed E-state index contributed by atoms with van der Waals surface area (Å²) >= 11 is 6.58. The third-order valence-corrected chi connectivity index (χ3v) is 5.41. The van der Waals surface area contributed by atoms with E-state index in [0.29, 0.717) is 29.5 Å². The molecule has 148 valence electrons. The minimum absolute atomic E-state index is 0.266. The van der Waals surface area contributed by atoms with Crippen LogP contribution in [0.2, 0.25) is 5.02 Å². The van der Waals surface area contributed by atoms with Crippen LogP contribution < -0.4 is 5.32 Å². The number of hydrogen-bond donors (Lipinski definition) is 2. The molecule has 0 radical (unpaired) electrons. The quantitative estimate of drug-likeness (QED) is 0.389. The molecule has 5 rings (SSSR count). The summed E-state index contributed by atoms with van der Waals surface area (Å²) in [6, 6.07) is 16.6. The molecular formula is C23H17ClFN5. The van der Waals surface area contributed by atoms with Crippen LogP contribution in [0.1, 0.15) is 5.56 Å². The highest BCUT2D eigenvalue weighted by molar-refractivity contribution is 6.36. The molecule has 0 fully saturated rings. The lowest BCUT2D eigenvalue weighted by Crippen LogP contribution is -2.08. The lowest BCUT2D eigenvalue weighted by molar-refractivity contribution is 0.628. The Hall–Kier alpha value is -3.51. The van der Waals surface area contributed by atoms with Crippen molar-refractivity contribution < 1.29 is 4.39 Å². The average Bonchev–Trinajstić information content (AvgIpc) is 3.24.